The maximum atomic E-state index is 8.65. The van der Waals surface area contributed by atoms with Gasteiger partial charge in [-0.2, -0.15) is 0 Å². The summed E-state index contributed by atoms with van der Waals surface area (Å²) in [5.74, 6) is 1.31. The Hall–Kier alpha value is -2.48. The number of nitrogens with one attached hydrogen (secondary N) is 1. The number of nitrogens with zero attached hydrogens (tertiary/aromatic N) is 2. The van der Waals surface area contributed by atoms with Gasteiger partial charge in [-0.3, -0.25) is 0 Å². The second-order valence-electron chi connectivity index (χ2n) is 5.35. The SMILES string of the molecule is CNc1ncc(/C=C/c2ccccc2OC(C)OCCOCCO)cn1. The van der Waals surface area contributed by atoms with Crippen molar-refractivity contribution in [1.82, 2.24) is 9.97 Å². The summed E-state index contributed by atoms with van der Waals surface area (Å²) in [5.41, 5.74) is 1.82. The molecule has 0 aliphatic rings. The molecule has 0 fully saturated rings. The first-order chi connectivity index (χ1) is 12.7. The molecule has 140 valence electrons. The summed E-state index contributed by atoms with van der Waals surface area (Å²) in [4.78, 5) is 8.37. The Kier molecular flexibility index (Phi) is 8.54. The van der Waals surface area contributed by atoms with Crippen LogP contribution in [0.3, 0.4) is 0 Å². The molecule has 1 heterocycles. The van der Waals surface area contributed by atoms with Gasteiger partial charge in [-0.25, -0.2) is 9.97 Å². The molecule has 0 saturated heterocycles. The van der Waals surface area contributed by atoms with Crippen molar-refractivity contribution in [3.63, 3.8) is 0 Å². The largest absolute Gasteiger partial charge is 0.465 e. The summed E-state index contributed by atoms with van der Waals surface area (Å²) < 4.78 is 16.6. The lowest BCUT2D eigenvalue weighted by atomic mass is 10.1. The first-order valence-corrected chi connectivity index (χ1v) is 8.46. The number of hydrogen-bond donors (Lipinski definition) is 2. The first kappa shape index (κ1) is 19.8. The van der Waals surface area contributed by atoms with Crippen LogP contribution in [0.5, 0.6) is 5.75 Å². The molecule has 0 aliphatic heterocycles. The smallest absolute Gasteiger partial charge is 0.222 e. The average Bonchev–Trinajstić information content (AvgIpc) is 2.67. The van der Waals surface area contributed by atoms with Crippen molar-refractivity contribution in [3.05, 3.63) is 47.8 Å². The van der Waals surface area contributed by atoms with Gasteiger partial charge in [0.2, 0.25) is 5.95 Å². The van der Waals surface area contributed by atoms with Gasteiger partial charge in [-0.15, -0.1) is 0 Å². The molecule has 0 amide bonds. The van der Waals surface area contributed by atoms with Crippen LogP contribution in [-0.4, -0.2) is 54.8 Å². The Bertz CT molecular complexity index is 677. The van der Waals surface area contributed by atoms with Gasteiger partial charge in [0, 0.05) is 30.6 Å². The standard InChI is InChI=1S/C19H25N3O4/c1-15(25-12-11-24-10-9-23)26-18-6-4-3-5-17(18)8-7-16-13-21-19(20-2)22-14-16/h3-8,13-15,23H,9-12H2,1-2H3,(H,20,21,22)/b8-7+. The zero-order chi connectivity index (χ0) is 18.6. The zero-order valence-electron chi connectivity index (χ0n) is 15.1. The van der Waals surface area contributed by atoms with E-state index in [1.165, 1.54) is 0 Å². The van der Waals surface area contributed by atoms with Gasteiger partial charge in [0.05, 0.1) is 26.4 Å². The summed E-state index contributed by atoms with van der Waals surface area (Å²) in [5, 5.41) is 11.5. The van der Waals surface area contributed by atoms with Gasteiger partial charge in [-0.1, -0.05) is 30.4 Å². The molecule has 1 atom stereocenters. The lowest BCUT2D eigenvalue weighted by Gasteiger charge is -2.17. The van der Waals surface area contributed by atoms with Crippen LogP contribution in [0, 0.1) is 0 Å². The van der Waals surface area contributed by atoms with E-state index in [-0.39, 0.29) is 6.61 Å². The van der Waals surface area contributed by atoms with Crippen LogP contribution in [0.25, 0.3) is 12.2 Å². The Balaban J connectivity index is 1.92. The molecule has 0 radical (unpaired) electrons. The molecule has 0 spiro atoms. The number of aliphatic hydroxyl groups is 1. The Labute approximate surface area is 153 Å². The number of anilines is 1. The fourth-order valence-corrected chi connectivity index (χ4v) is 2.12. The van der Waals surface area contributed by atoms with Crippen LogP contribution in [0.1, 0.15) is 18.1 Å². The van der Waals surface area contributed by atoms with E-state index < -0.39 is 6.29 Å². The molecule has 0 bridgehead atoms. The number of aromatic nitrogens is 2. The minimum absolute atomic E-state index is 0.00842. The third-order valence-electron chi connectivity index (χ3n) is 3.38. The predicted molar refractivity (Wildman–Crippen MR) is 101 cm³/mol. The first-order valence-electron chi connectivity index (χ1n) is 8.46. The zero-order valence-corrected chi connectivity index (χ0v) is 15.1. The van der Waals surface area contributed by atoms with Crippen molar-refractivity contribution < 1.29 is 19.3 Å². The highest BCUT2D eigenvalue weighted by Crippen LogP contribution is 2.22. The molecule has 1 aromatic heterocycles. The number of para-hydroxylation sites is 1. The third-order valence-corrected chi connectivity index (χ3v) is 3.38. The van der Waals surface area contributed by atoms with E-state index >= 15 is 0 Å². The van der Waals surface area contributed by atoms with Crippen LogP contribution in [0.2, 0.25) is 0 Å². The maximum absolute atomic E-state index is 8.65. The van der Waals surface area contributed by atoms with E-state index in [1.807, 2.05) is 43.3 Å². The number of aliphatic hydroxyl groups excluding tert-OH is 1. The van der Waals surface area contributed by atoms with Crippen LogP contribution in [-0.2, 0) is 9.47 Å². The van der Waals surface area contributed by atoms with Gasteiger partial charge >= 0.3 is 0 Å². The normalized spacial score (nSPS) is 12.3. The minimum atomic E-state index is -0.416. The van der Waals surface area contributed by atoms with E-state index in [1.54, 1.807) is 19.4 Å². The van der Waals surface area contributed by atoms with Crippen molar-refractivity contribution in [2.45, 2.75) is 13.2 Å². The van der Waals surface area contributed by atoms with E-state index in [4.69, 9.17) is 19.3 Å². The molecule has 7 heteroatoms. The molecule has 1 unspecified atom stereocenters. The number of ether oxygens (including phenoxy) is 3. The Morgan fingerprint density at radius 1 is 1.12 bits per heavy atom. The fourth-order valence-electron chi connectivity index (χ4n) is 2.12. The molecule has 2 rings (SSSR count). The second kappa shape index (κ2) is 11.2. The van der Waals surface area contributed by atoms with Gasteiger partial charge in [0.25, 0.3) is 0 Å². The predicted octanol–water partition coefficient (Wildman–Crippen LogP) is 2.44. The van der Waals surface area contributed by atoms with Crippen LogP contribution >= 0.6 is 0 Å². The van der Waals surface area contributed by atoms with Gasteiger partial charge < -0.3 is 24.6 Å². The van der Waals surface area contributed by atoms with Gasteiger partial charge in [0.15, 0.2) is 6.29 Å². The summed E-state index contributed by atoms with van der Waals surface area (Å²) in [6.45, 7) is 2.96. The molecule has 0 aliphatic carbocycles. The molecular weight excluding hydrogens is 334 g/mol. The molecule has 1 aromatic carbocycles. The highest BCUT2D eigenvalue weighted by atomic mass is 16.7. The lowest BCUT2D eigenvalue weighted by Crippen LogP contribution is -2.19. The summed E-state index contributed by atoms with van der Waals surface area (Å²) >= 11 is 0. The minimum Gasteiger partial charge on any atom is -0.465 e. The second-order valence-corrected chi connectivity index (χ2v) is 5.35. The Morgan fingerprint density at radius 3 is 2.62 bits per heavy atom. The number of hydrogen-bond acceptors (Lipinski definition) is 7. The quantitative estimate of drug-likeness (QED) is 0.471. The van der Waals surface area contributed by atoms with Crippen molar-refractivity contribution in [1.29, 1.82) is 0 Å². The van der Waals surface area contributed by atoms with E-state index in [0.29, 0.717) is 25.8 Å². The van der Waals surface area contributed by atoms with Crippen LogP contribution < -0.4 is 10.1 Å². The van der Waals surface area contributed by atoms with Crippen LogP contribution in [0.15, 0.2) is 36.7 Å². The highest BCUT2D eigenvalue weighted by molar-refractivity contribution is 5.72. The Morgan fingerprint density at radius 2 is 1.88 bits per heavy atom. The lowest BCUT2D eigenvalue weighted by molar-refractivity contribution is -0.0848. The molecule has 26 heavy (non-hydrogen) atoms. The topological polar surface area (TPSA) is 85.7 Å². The highest BCUT2D eigenvalue weighted by Gasteiger charge is 2.07. The maximum Gasteiger partial charge on any atom is 0.222 e. The van der Waals surface area contributed by atoms with E-state index in [0.717, 1.165) is 16.9 Å². The van der Waals surface area contributed by atoms with Crippen LogP contribution in [0.4, 0.5) is 5.95 Å². The van der Waals surface area contributed by atoms with Gasteiger partial charge in [-0.05, 0) is 13.0 Å². The number of rotatable bonds is 11. The monoisotopic (exact) mass is 359 g/mol. The van der Waals surface area contributed by atoms with E-state index in [2.05, 4.69) is 15.3 Å². The van der Waals surface area contributed by atoms with Gasteiger partial charge in [0.1, 0.15) is 5.75 Å². The summed E-state index contributed by atoms with van der Waals surface area (Å²) in [6, 6.07) is 7.71. The number of benzene rings is 1. The van der Waals surface area contributed by atoms with Crippen molar-refractivity contribution in [2.24, 2.45) is 0 Å². The van der Waals surface area contributed by atoms with Crippen molar-refractivity contribution in [3.8, 4) is 5.75 Å². The average molecular weight is 359 g/mol. The summed E-state index contributed by atoms with van der Waals surface area (Å²) in [6.07, 6.45) is 6.95. The summed E-state index contributed by atoms with van der Waals surface area (Å²) in [7, 11) is 1.78. The van der Waals surface area contributed by atoms with E-state index in [9.17, 15) is 0 Å². The molecule has 2 N–H and O–H groups in total. The molecule has 0 saturated carbocycles. The molecule has 7 nitrogen and oxygen atoms in total. The molecular formula is C19H25N3O4. The van der Waals surface area contributed by atoms with Crippen molar-refractivity contribution >= 4 is 18.1 Å². The molecule has 2 aromatic rings. The fraction of sp³-hybridized carbons (Fsp3) is 0.368. The third kappa shape index (κ3) is 6.79. The van der Waals surface area contributed by atoms with Crippen molar-refractivity contribution in [2.75, 3.05) is 38.8 Å².